The molecular formula is C17H30O6Si. The minimum Gasteiger partial charge on any atom is -0.460 e. The maximum atomic E-state index is 11.6. The first-order valence-electron chi connectivity index (χ1n) is 8.54. The number of hydrogen-bond acceptors (Lipinski definition) is 6. The molecule has 0 N–H and O–H groups in total. The summed E-state index contributed by atoms with van der Waals surface area (Å²) < 4.78 is 23.7. The van der Waals surface area contributed by atoms with Gasteiger partial charge < -0.3 is 23.4 Å². The molecular weight excluding hydrogens is 328 g/mol. The molecule has 0 aliphatic carbocycles. The third kappa shape index (κ3) is 4.07. The summed E-state index contributed by atoms with van der Waals surface area (Å²) in [7, 11) is -2.16. The number of ether oxygens (including phenoxy) is 3. The molecule has 2 fully saturated rings. The van der Waals surface area contributed by atoms with E-state index >= 15 is 0 Å². The van der Waals surface area contributed by atoms with Gasteiger partial charge in [0.25, 0.3) is 0 Å². The van der Waals surface area contributed by atoms with Crippen LogP contribution in [0, 0.1) is 0 Å². The van der Waals surface area contributed by atoms with Crippen molar-refractivity contribution in [2.24, 2.45) is 0 Å². The van der Waals surface area contributed by atoms with E-state index in [4.69, 9.17) is 18.6 Å². The lowest BCUT2D eigenvalue weighted by atomic mass is 10.0. The second kappa shape index (κ2) is 6.51. The van der Waals surface area contributed by atoms with Gasteiger partial charge in [0.15, 0.2) is 20.4 Å². The lowest BCUT2D eigenvalue weighted by molar-refractivity contribution is -0.166. The van der Waals surface area contributed by atoms with Gasteiger partial charge >= 0.3 is 5.97 Å². The highest BCUT2D eigenvalue weighted by atomic mass is 28.4. The van der Waals surface area contributed by atoms with Crippen molar-refractivity contribution in [1.29, 1.82) is 0 Å². The third-order valence-electron chi connectivity index (χ3n) is 5.14. The zero-order chi connectivity index (χ0) is 18.3. The van der Waals surface area contributed by atoms with Crippen LogP contribution in [0.4, 0.5) is 0 Å². The Morgan fingerprint density at radius 3 is 2.38 bits per heavy atom. The van der Waals surface area contributed by atoms with E-state index in [0.717, 1.165) is 6.29 Å². The van der Waals surface area contributed by atoms with E-state index in [1.807, 2.05) is 0 Å². The molecule has 0 aromatic rings. The van der Waals surface area contributed by atoms with Crippen LogP contribution in [0.25, 0.3) is 0 Å². The van der Waals surface area contributed by atoms with E-state index in [-0.39, 0.29) is 11.0 Å². The number of rotatable bonds is 5. The first-order chi connectivity index (χ1) is 10.9. The van der Waals surface area contributed by atoms with Gasteiger partial charge in [0.1, 0.15) is 24.4 Å². The maximum absolute atomic E-state index is 11.6. The highest BCUT2D eigenvalue weighted by Crippen LogP contribution is 2.41. The summed E-state index contributed by atoms with van der Waals surface area (Å²) in [6, 6.07) is 0. The number of aldehydes is 1. The summed E-state index contributed by atoms with van der Waals surface area (Å²) in [6.07, 6.45) is -0.532. The van der Waals surface area contributed by atoms with E-state index in [9.17, 15) is 9.59 Å². The van der Waals surface area contributed by atoms with Crippen molar-refractivity contribution in [1.82, 2.24) is 0 Å². The second-order valence-electron chi connectivity index (χ2n) is 8.61. The molecule has 2 aliphatic heterocycles. The molecule has 0 amide bonds. The average Bonchev–Trinajstić information content (AvgIpc) is 2.97. The van der Waals surface area contributed by atoms with Crippen molar-refractivity contribution >= 4 is 20.6 Å². The first-order valence-corrected chi connectivity index (χ1v) is 11.5. The Labute approximate surface area is 145 Å². The Bertz CT molecular complexity index is 496. The molecule has 0 aromatic carbocycles. The molecule has 7 heteroatoms. The number of cyclic esters (lactones) is 1. The van der Waals surface area contributed by atoms with Crippen molar-refractivity contribution in [3.05, 3.63) is 0 Å². The SMILES string of the molecule is CC1(C)O[C@@H]([C@@H](O[Si](C)(C)C(C)(C)C)[C@H]2CCC(=O)O2)[C@H](C=O)O1. The lowest BCUT2D eigenvalue weighted by Crippen LogP contribution is -2.53. The smallest absolute Gasteiger partial charge is 0.306 e. The topological polar surface area (TPSA) is 71.1 Å². The predicted octanol–water partition coefficient (Wildman–Crippen LogP) is 2.80. The van der Waals surface area contributed by atoms with Gasteiger partial charge in [-0.2, -0.15) is 0 Å². The van der Waals surface area contributed by atoms with E-state index in [0.29, 0.717) is 12.8 Å². The van der Waals surface area contributed by atoms with Crippen molar-refractivity contribution in [3.63, 3.8) is 0 Å². The third-order valence-corrected chi connectivity index (χ3v) is 9.61. The molecule has 138 valence electrons. The summed E-state index contributed by atoms with van der Waals surface area (Å²) in [5.74, 6) is -1.10. The Morgan fingerprint density at radius 2 is 1.92 bits per heavy atom. The van der Waals surface area contributed by atoms with Gasteiger partial charge in [-0.15, -0.1) is 0 Å². The summed E-state index contributed by atoms with van der Waals surface area (Å²) >= 11 is 0. The van der Waals surface area contributed by atoms with Crippen molar-refractivity contribution in [2.45, 2.75) is 95.8 Å². The molecule has 0 aromatic heterocycles. The largest absolute Gasteiger partial charge is 0.460 e. The molecule has 2 heterocycles. The van der Waals surface area contributed by atoms with Crippen LogP contribution in [0.3, 0.4) is 0 Å². The number of hydrogen-bond donors (Lipinski definition) is 0. The summed E-state index contributed by atoms with van der Waals surface area (Å²) in [5.41, 5.74) is 0. The Kier molecular flexibility index (Phi) is 5.31. The monoisotopic (exact) mass is 358 g/mol. The highest BCUT2D eigenvalue weighted by Gasteiger charge is 2.52. The van der Waals surface area contributed by atoms with Gasteiger partial charge in [0, 0.05) is 6.42 Å². The van der Waals surface area contributed by atoms with Gasteiger partial charge in [-0.25, -0.2) is 0 Å². The lowest BCUT2D eigenvalue weighted by Gasteiger charge is -2.42. The molecule has 6 nitrogen and oxygen atoms in total. The van der Waals surface area contributed by atoms with Crippen LogP contribution < -0.4 is 0 Å². The fourth-order valence-corrected chi connectivity index (χ4v) is 4.15. The van der Waals surface area contributed by atoms with Crippen LogP contribution >= 0.6 is 0 Å². The van der Waals surface area contributed by atoms with Crippen LogP contribution in [-0.4, -0.2) is 50.8 Å². The van der Waals surface area contributed by atoms with Gasteiger partial charge in [-0.05, 0) is 38.4 Å². The minimum atomic E-state index is -2.16. The van der Waals surface area contributed by atoms with Crippen molar-refractivity contribution in [3.8, 4) is 0 Å². The van der Waals surface area contributed by atoms with Crippen LogP contribution in [0.2, 0.25) is 18.1 Å². The maximum Gasteiger partial charge on any atom is 0.306 e. The Balaban J connectivity index is 2.30. The van der Waals surface area contributed by atoms with E-state index in [1.165, 1.54) is 0 Å². The normalized spacial score (nSPS) is 31.8. The predicted molar refractivity (Wildman–Crippen MR) is 91.1 cm³/mol. The molecule has 2 aliphatic rings. The first kappa shape index (κ1) is 19.6. The molecule has 2 rings (SSSR count). The molecule has 4 atom stereocenters. The van der Waals surface area contributed by atoms with Crippen LogP contribution in [-0.2, 0) is 28.2 Å². The van der Waals surface area contributed by atoms with E-state index in [1.54, 1.807) is 13.8 Å². The van der Waals surface area contributed by atoms with E-state index in [2.05, 4.69) is 33.9 Å². The standard InChI is InChI=1S/C17H30O6Si/c1-16(2,3)24(6,7)23-15(11-8-9-13(19)20-11)14-12(10-18)21-17(4,5)22-14/h10-12,14-15H,8-9H2,1-7H3/t11-,12+,14-,15+/m1/s1. The zero-order valence-corrected chi connectivity index (χ0v) is 16.8. The summed E-state index contributed by atoms with van der Waals surface area (Å²) in [4.78, 5) is 23.1. The van der Waals surface area contributed by atoms with Crippen LogP contribution in [0.15, 0.2) is 0 Å². The number of esters is 1. The molecule has 24 heavy (non-hydrogen) atoms. The average molecular weight is 359 g/mol. The fourth-order valence-electron chi connectivity index (χ4n) is 2.83. The van der Waals surface area contributed by atoms with Gasteiger partial charge in [-0.3, -0.25) is 4.79 Å². The number of carbonyl (C=O) groups excluding carboxylic acids is 2. The molecule has 0 bridgehead atoms. The van der Waals surface area contributed by atoms with Crippen LogP contribution in [0.1, 0.15) is 47.5 Å². The van der Waals surface area contributed by atoms with Crippen molar-refractivity contribution in [2.75, 3.05) is 0 Å². The molecule has 0 spiro atoms. The van der Waals surface area contributed by atoms with E-state index < -0.39 is 38.5 Å². The quantitative estimate of drug-likeness (QED) is 0.427. The summed E-state index contributed by atoms with van der Waals surface area (Å²) in [6.45, 7) is 14.2. The minimum absolute atomic E-state index is 0.0144. The molecule has 0 saturated carbocycles. The summed E-state index contributed by atoms with van der Waals surface area (Å²) in [5, 5.41) is -0.0144. The zero-order valence-electron chi connectivity index (χ0n) is 15.8. The van der Waals surface area contributed by atoms with Crippen molar-refractivity contribution < 1.29 is 28.2 Å². The van der Waals surface area contributed by atoms with Gasteiger partial charge in [0.05, 0.1) is 0 Å². The Morgan fingerprint density at radius 1 is 1.29 bits per heavy atom. The van der Waals surface area contributed by atoms with Crippen LogP contribution in [0.5, 0.6) is 0 Å². The Hall–Kier alpha value is -0.763. The highest BCUT2D eigenvalue weighted by molar-refractivity contribution is 6.74. The fraction of sp³-hybridized carbons (Fsp3) is 0.882. The molecule has 2 saturated heterocycles. The molecule has 0 radical (unpaired) electrons. The number of carbonyl (C=O) groups is 2. The molecule has 0 unspecified atom stereocenters. The van der Waals surface area contributed by atoms with Gasteiger partial charge in [-0.1, -0.05) is 20.8 Å². The van der Waals surface area contributed by atoms with Gasteiger partial charge in [0.2, 0.25) is 0 Å². The second-order valence-corrected chi connectivity index (χ2v) is 13.4.